The molecule has 0 saturated carbocycles. The molecule has 0 heterocycles. The second kappa shape index (κ2) is 4.49. The highest BCUT2D eigenvalue weighted by Crippen LogP contribution is 2.26. The molecule has 2 aromatic carbocycles. The average Bonchev–Trinajstić information content (AvgIpc) is 2.30. The summed E-state index contributed by atoms with van der Waals surface area (Å²) in [5.41, 5.74) is 1.59. The summed E-state index contributed by atoms with van der Waals surface area (Å²) in [6.45, 7) is 0. The van der Waals surface area contributed by atoms with Gasteiger partial charge in [0.05, 0.1) is 0 Å². The van der Waals surface area contributed by atoms with E-state index in [0.717, 1.165) is 10.5 Å². The van der Waals surface area contributed by atoms with Gasteiger partial charge >= 0.3 is 0 Å². The van der Waals surface area contributed by atoms with Crippen molar-refractivity contribution in [3.8, 4) is 11.1 Å². The van der Waals surface area contributed by atoms with Crippen molar-refractivity contribution in [3.63, 3.8) is 0 Å². The smallest absolute Gasteiger partial charge is 0.131 e. The van der Waals surface area contributed by atoms with Crippen LogP contribution in [0.1, 0.15) is 0 Å². The first kappa shape index (κ1) is 10.2. The van der Waals surface area contributed by atoms with Gasteiger partial charge in [-0.15, -0.1) is 11.8 Å². The van der Waals surface area contributed by atoms with Crippen LogP contribution in [0.15, 0.2) is 53.4 Å². The molecular formula is C13H11FS. The molecule has 0 spiro atoms. The molecule has 2 rings (SSSR count). The van der Waals surface area contributed by atoms with Gasteiger partial charge in [-0.1, -0.05) is 30.3 Å². The van der Waals surface area contributed by atoms with Crippen LogP contribution in [-0.4, -0.2) is 6.26 Å². The molecule has 0 unspecified atom stereocenters. The Morgan fingerprint density at radius 3 is 2.53 bits per heavy atom. The second-order valence-corrected chi connectivity index (χ2v) is 4.09. The molecule has 2 heteroatoms. The Kier molecular flexibility index (Phi) is 3.07. The van der Waals surface area contributed by atoms with E-state index in [1.807, 2.05) is 36.6 Å². The Balaban J connectivity index is 2.49. The van der Waals surface area contributed by atoms with E-state index in [4.69, 9.17) is 0 Å². The highest BCUT2D eigenvalue weighted by atomic mass is 32.2. The lowest BCUT2D eigenvalue weighted by Gasteiger charge is -2.04. The molecule has 0 radical (unpaired) electrons. The van der Waals surface area contributed by atoms with Gasteiger partial charge in [0.2, 0.25) is 0 Å². The molecule has 0 aliphatic rings. The Morgan fingerprint density at radius 2 is 1.80 bits per heavy atom. The van der Waals surface area contributed by atoms with Crippen LogP contribution in [-0.2, 0) is 0 Å². The SMILES string of the molecule is CSc1cccc(-c2ccccc2F)c1. The fraction of sp³-hybridized carbons (Fsp3) is 0.0769. The minimum absolute atomic E-state index is 0.171. The van der Waals surface area contributed by atoms with E-state index in [-0.39, 0.29) is 5.82 Å². The van der Waals surface area contributed by atoms with E-state index >= 15 is 0 Å². The monoisotopic (exact) mass is 218 g/mol. The van der Waals surface area contributed by atoms with E-state index in [1.165, 1.54) is 6.07 Å². The molecule has 0 fully saturated rings. The van der Waals surface area contributed by atoms with Crippen molar-refractivity contribution in [1.29, 1.82) is 0 Å². The van der Waals surface area contributed by atoms with E-state index in [9.17, 15) is 4.39 Å². The van der Waals surface area contributed by atoms with Gasteiger partial charge in [-0.05, 0) is 30.0 Å². The van der Waals surface area contributed by atoms with E-state index in [0.29, 0.717) is 5.56 Å². The fourth-order valence-corrected chi connectivity index (χ4v) is 1.95. The molecule has 0 aromatic heterocycles. The van der Waals surface area contributed by atoms with E-state index in [1.54, 1.807) is 23.9 Å². The van der Waals surface area contributed by atoms with Gasteiger partial charge in [-0.3, -0.25) is 0 Å². The van der Waals surface area contributed by atoms with Gasteiger partial charge in [0.1, 0.15) is 5.82 Å². The molecule has 76 valence electrons. The summed E-state index contributed by atoms with van der Waals surface area (Å²) in [5.74, 6) is -0.171. The zero-order valence-corrected chi connectivity index (χ0v) is 9.22. The zero-order valence-electron chi connectivity index (χ0n) is 8.41. The maximum atomic E-state index is 13.5. The maximum absolute atomic E-state index is 13.5. The summed E-state index contributed by atoms with van der Waals surface area (Å²) in [6.07, 6.45) is 2.01. The maximum Gasteiger partial charge on any atom is 0.131 e. The minimum Gasteiger partial charge on any atom is -0.206 e. The van der Waals surface area contributed by atoms with Gasteiger partial charge in [0.25, 0.3) is 0 Å². The van der Waals surface area contributed by atoms with Crippen LogP contribution in [0.2, 0.25) is 0 Å². The Morgan fingerprint density at radius 1 is 1.00 bits per heavy atom. The largest absolute Gasteiger partial charge is 0.206 e. The van der Waals surface area contributed by atoms with Crippen molar-refractivity contribution >= 4 is 11.8 Å². The van der Waals surface area contributed by atoms with Crippen molar-refractivity contribution in [1.82, 2.24) is 0 Å². The quantitative estimate of drug-likeness (QED) is 0.680. The topological polar surface area (TPSA) is 0 Å². The molecule has 0 aliphatic heterocycles. The molecule has 2 aromatic rings. The van der Waals surface area contributed by atoms with Crippen LogP contribution in [0.4, 0.5) is 4.39 Å². The Labute approximate surface area is 93.1 Å². The number of hydrogen-bond acceptors (Lipinski definition) is 1. The lowest BCUT2D eigenvalue weighted by molar-refractivity contribution is 0.631. The summed E-state index contributed by atoms with van der Waals surface area (Å²) in [5, 5.41) is 0. The van der Waals surface area contributed by atoms with Gasteiger partial charge in [-0.2, -0.15) is 0 Å². The van der Waals surface area contributed by atoms with Gasteiger partial charge < -0.3 is 0 Å². The van der Waals surface area contributed by atoms with Gasteiger partial charge in [0, 0.05) is 10.5 Å². The van der Waals surface area contributed by atoms with Crippen molar-refractivity contribution in [2.45, 2.75) is 4.90 Å². The van der Waals surface area contributed by atoms with E-state index in [2.05, 4.69) is 0 Å². The second-order valence-electron chi connectivity index (χ2n) is 3.21. The predicted molar refractivity (Wildman–Crippen MR) is 63.6 cm³/mol. The lowest BCUT2D eigenvalue weighted by Crippen LogP contribution is -1.83. The first-order valence-electron chi connectivity index (χ1n) is 4.70. The molecule has 0 nitrogen and oxygen atoms in total. The lowest BCUT2D eigenvalue weighted by atomic mass is 10.1. The number of rotatable bonds is 2. The zero-order chi connectivity index (χ0) is 10.7. The normalized spacial score (nSPS) is 10.3. The molecule has 0 aliphatic carbocycles. The minimum atomic E-state index is -0.171. The van der Waals surface area contributed by atoms with E-state index < -0.39 is 0 Å². The number of benzene rings is 2. The number of hydrogen-bond donors (Lipinski definition) is 0. The standard InChI is InChI=1S/C13H11FS/c1-15-11-6-4-5-10(9-11)12-7-2-3-8-13(12)14/h2-9H,1H3. The van der Waals surface area contributed by atoms with Crippen molar-refractivity contribution in [2.75, 3.05) is 6.26 Å². The molecule has 0 saturated heterocycles. The van der Waals surface area contributed by atoms with Crippen LogP contribution in [0.25, 0.3) is 11.1 Å². The molecular weight excluding hydrogens is 207 g/mol. The predicted octanol–water partition coefficient (Wildman–Crippen LogP) is 4.21. The Hall–Kier alpha value is -1.28. The third-order valence-corrected chi connectivity index (χ3v) is 2.98. The molecule has 0 N–H and O–H groups in total. The number of halogens is 1. The highest BCUT2D eigenvalue weighted by molar-refractivity contribution is 7.98. The number of thioether (sulfide) groups is 1. The van der Waals surface area contributed by atoms with Crippen LogP contribution in [0.3, 0.4) is 0 Å². The van der Waals surface area contributed by atoms with Crippen LogP contribution in [0.5, 0.6) is 0 Å². The fourth-order valence-electron chi connectivity index (χ4n) is 1.49. The first-order valence-corrected chi connectivity index (χ1v) is 5.92. The summed E-state index contributed by atoms with van der Waals surface area (Å²) < 4.78 is 13.5. The van der Waals surface area contributed by atoms with Gasteiger partial charge in [-0.25, -0.2) is 4.39 Å². The van der Waals surface area contributed by atoms with Crippen molar-refractivity contribution in [2.24, 2.45) is 0 Å². The van der Waals surface area contributed by atoms with Gasteiger partial charge in [0.15, 0.2) is 0 Å². The van der Waals surface area contributed by atoms with Crippen LogP contribution >= 0.6 is 11.8 Å². The third kappa shape index (κ3) is 2.21. The average molecular weight is 218 g/mol. The van der Waals surface area contributed by atoms with Crippen LogP contribution < -0.4 is 0 Å². The summed E-state index contributed by atoms with van der Waals surface area (Å²) in [7, 11) is 0. The summed E-state index contributed by atoms with van der Waals surface area (Å²) >= 11 is 1.66. The highest BCUT2D eigenvalue weighted by Gasteiger charge is 2.03. The molecule has 0 atom stereocenters. The van der Waals surface area contributed by atoms with Crippen molar-refractivity contribution < 1.29 is 4.39 Å². The Bertz CT molecular complexity index is 466. The molecule has 15 heavy (non-hydrogen) atoms. The third-order valence-electron chi connectivity index (χ3n) is 2.25. The molecule has 0 bridgehead atoms. The summed E-state index contributed by atoms with van der Waals surface area (Å²) in [6, 6.07) is 14.8. The van der Waals surface area contributed by atoms with Crippen LogP contribution in [0, 0.1) is 5.82 Å². The summed E-state index contributed by atoms with van der Waals surface area (Å²) in [4.78, 5) is 1.15. The molecule has 0 amide bonds. The van der Waals surface area contributed by atoms with Crippen molar-refractivity contribution in [3.05, 3.63) is 54.3 Å². The first-order chi connectivity index (χ1) is 7.31.